The van der Waals surface area contributed by atoms with E-state index >= 15 is 0 Å². The number of methoxy groups -OCH3 is 1. The first-order chi connectivity index (χ1) is 10.0. The predicted molar refractivity (Wildman–Crippen MR) is 82.7 cm³/mol. The maximum absolute atomic E-state index is 12.4. The first kappa shape index (κ1) is 13.8. The predicted octanol–water partition coefficient (Wildman–Crippen LogP) is 3.91. The zero-order valence-corrected chi connectivity index (χ0v) is 12.6. The molecule has 0 spiro atoms. The molecule has 1 aliphatic carbocycles. The quantitative estimate of drug-likeness (QED) is 0.837. The number of ether oxygens (including phenoxy) is 1. The fourth-order valence-corrected chi connectivity index (χ4v) is 2.75. The molecule has 1 heterocycles. The van der Waals surface area contributed by atoms with Gasteiger partial charge in [-0.15, -0.1) is 0 Å². The summed E-state index contributed by atoms with van der Waals surface area (Å²) in [6, 6.07) is 11.7. The van der Waals surface area contributed by atoms with Crippen molar-refractivity contribution < 1.29 is 9.53 Å². The maximum atomic E-state index is 12.4. The molecule has 0 saturated carbocycles. The molecule has 0 N–H and O–H groups in total. The van der Waals surface area contributed by atoms with Gasteiger partial charge < -0.3 is 4.74 Å². The highest BCUT2D eigenvalue weighted by Crippen LogP contribution is 2.35. The number of aromatic nitrogens is 1. The summed E-state index contributed by atoms with van der Waals surface area (Å²) >= 11 is 0. The summed E-state index contributed by atoms with van der Waals surface area (Å²) in [6.45, 7) is 4.02. The monoisotopic (exact) mass is 281 g/mol. The third-order valence-corrected chi connectivity index (χ3v) is 4.19. The van der Waals surface area contributed by atoms with Gasteiger partial charge in [-0.2, -0.15) is 0 Å². The SMILES string of the molecule is COc1cccc(-c2ccc3c(n2)CCC(C)(C)C3=O)c1. The lowest BCUT2D eigenvalue weighted by molar-refractivity contribution is 0.0809. The Morgan fingerprint density at radius 2 is 2.00 bits per heavy atom. The summed E-state index contributed by atoms with van der Waals surface area (Å²) in [5, 5.41) is 0. The molecule has 0 fully saturated rings. The van der Waals surface area contributed by atoms with Crippen LogP contribution in [0.15, 0.2) is 36.4 Å². The number of carbonyl (C=O) groups is 1. The van der Waals surface area contributed by atoms with E-state index in [1.807, 2.05) is 50.2 Å². The van der Waals surface area contributed by atoms with Crippen molar-refractivity contribution in [2.45, 2.75) is 26.7 Å². The van der Waals surface area contributed by atoms with Crippen molar-refractivity contribution >= 4 is 5.78 Å². The molecule has 1 aliphatic rings. The zero-order chi connectivity index (χ0) is 15.0. The smallest absolute Gasteiger partial charge is 0.170 e. The molecular formula is C18H19NO2. The van der Waals surface area contributed by atoms with E-state index in [0.717, 1.165) is 41.1 Å². The molecule has 0 unspecified atom stereocenters. The number of hydrogen-bond donors (Lipinski definition) is 0. The van der Waals surface area contributed by atoms with Crippen molar-refractivity contribution in [3.8, 4) is 17.0 Å². The van der Waals surface area contributed by atoms with Gasteiger partial charge in [0.05, 0.1) is 18.5 Å². The highest BCUT2D eigenvalue weighted by atomic mass is 16.5. The molecule has 2 aromatic rings. The Hall–Kier alpha value is -2.16. The number of rotatable bonds is 2. The molecule has 0 amide bonds. The van der Waals surface area contributed by atoms with Crippen LogP contribution in [0.3, 0.4) is 0 Å². The number of hydrogen-bond acceptors (Lipinski definition) is 3. The van der Waals surface area contributed by atoms with Crippen LogP contribution >= 0.6 is 0 Å². The average Bonchev–Trinajstić information content (AvgIpc) is 2.51. The minimum atomic E-state index is -0.272. The van der Waals surface area contributed by atoms with Crippen LogP contribution in [0.2, 0.25) is 0 Å². The molecule has 3 nitrogen and oxygen atoms in total. The van der Waals surface area contributed by atoms with Gasteiger partial charge in [0.2, 0.25) is 0 Å². The Kier molecular flexibility index (Phi) is 3.28. The highest BCUT2D eigenvalue weighted by Gasteiger charge is 2.34. The minimum Gasteiger partial charge on any atom is -0.497 e. The second kappa shape index (κ2) is 4.99. The van der Waals surface area contributed by atoms with Crippen LogP contribution in [-0.2, 0) is 6.42 Å². The topological polar surface area (TPSA) is 39.2 Å². The van der Waals surface area contributed by atoms with E-state index in [1.165, 1.54) is 0 Å². The molecule has 0 bridgehead atoms. The van der Waals surface area contributed by atoms with E-state index in [0.29, 0.717) is 0 Å². The molecule has 21 heavy (non-hydrogen) atoms. The minimum absolute atomic E-state index is 0.202. The Bertz CT molecular complexity index is 704. The number of pyridine rings is 1. The maximum Gasteiger partial charge on any atom is 0.170 e. The standard InChI is InChI=1S/C18H19NO2/c1-18(2)10-9-16-14(17(18)20)7-8-15(19-16)12-5-4-6-13(11-12)21-3/h4-8,11H,9-10H2,1-3H3. The van der Waals surface area contributed by atoms with Crippen molar-refractivity contribution in [2.24, 2.45) is 5.41 Å². The van der Waals surface area contributed by atoms with E-state index in [4.69, 9.17) is 9.72 Å². The van der Waals surface area contributed by atoms with Crippen molar-refractivity contribution in [2.75, 3.05) is 7.11 Å². The summed E-state index contributed by atoms with van der Waals surface area (Å²) in [6.07, 6.45) is 1.71. The second-order valence-corrected chi connectivity index (χ2v) is 6.14. The molecule has 1 aromatic heterocycles. The Balaban J connectivity index is 2.02. The van der Waals surface area contributed by atoms with Gasteiger partial charge in [-0.3, -0.25) is 9.78 Å². The third-order valence-electron chi connectivity index (χ3n) is 4.19. The highest BCUT2D eigenvalue weighted by molar-refractivity contribution is 6.02. The molecular weight excluding hydrogens is 262 g/mol. The summed E-state index contributed by atoms with van der Waals surface area (Å²) < 4.78 is 5.25. The van der Waals surface area contributed by atoms with E-state index in [1.54, 1.807) is 7.11 Å². The van der Waals surface area contributed by atoms with Gasteiger partial charge in [-0.25, -0.2) is 0 Å². The zero-order valence-electron chi connectivity index (χ0n) is 12.6. The van der Waals surface area contributed by atoms with Crippen molar-refractivity contribution in [3.63, 3.8) is 0 Å². The molecule has 3 heteroatoms. The molecule has 0 atom stereocenters. The van der Waals surface area contributed by atoms with E-state index in [-0.39, 0.29) is 11.2 Å². The number of nitrogens with zero attached hydrogens (tertiary/aromatic N) is 1. The van der Waals surface area contributed by atoms with Gasteiger partial charge in [0.15, 0.2) is 5.78 Å². The average molecular weight is 281 g/mol. The lowest BCUT2D eigenvalue weighted by atomic mass is 9.75. The fourth-order valence-electron chi connectivity index (χ4n) is 2.75. The largest absolute Gasteiger partial charge is 0.497 e. The number of carbonyl (C=O) groups excluding carboxylic acids is 1. The van der Waals surface area contributed by atoms with Crippen LogP contribution in [0.1, 0.15) is 36.3 Å². The van der Waals surface area contributed by atoms with Crippen LogP contribution in [0.5, 0.6) is 5.75 Å². The van der Waals surface area contributed by atoms with Crippen LogP contribution in [0.25, 0.3) is 11.3 Å². The second-order valence-electron chi connectivity index (χ2n) is 6.14. The first-order valence-electron chi connectivity index (χ1n) is 7.20. The molecule has 0 aliphatic heterocycles. The summed E-state index contributed by atoms with van der Waals surface area (Å²) in [4.78, 5) is 17.1. The van der Waals surface area contributed by atoms with Crippen LogP contribution in [-0.4, -0.2) is 17.9 Å². The number of aryl methyl sites for hydroxylation is 1. The van der Waals surface area contributed by atoms with Crippen LogP contribution in [0, 0.1) is 5.41 Å². The van der Waals surface area contributed by atoms with Crippen molar-refractivity contribution in [1.82, 2.24) is 4.98 Å². The molecule has 108 valence electrons. The molecule has 1 aromatic carbocycles. The van der Waals surface area contributed by atoms with Gasteiger partial charge in [0, 0.05) is 16.5 Å². The van der Waals surface area contributed by atoms with Gasteiger partial charge >= 0.3 is 0 Å². The Labute approximate surface area is 125 Å². The summed E-state index contributed by atoms with van der Waals surface area (Å²) in [5.41, 5.74) is 3.32. The fraction of sp³-hybridized carbons (Fsp3) is 0.333. The van der Waals surface area contributed by atoms with Gasteiger partial charge in [-0.05, 0) is 37.1 Å². The number of ketones is 1. The summed E-state index contributed by atoms with van der Waals surface area (Å²) in [5.74, 6) is 1.01. The third kappa shape index (κ3) is 2.44. The lowest BCUT2D eigenvalue weighted by Gasteiger charge is -2.29. The Morgan fingerprint density at radius 3 is 2.76 bits per heavy atom. The molecule has 0 saturated heterocycles. The van der Waals surface area contributed by atoms with Gasteiger partial charge in [0.1, 0.15) is 5.75 Å². The first-order valence-corrected chi connectivity index (χ1v) is 7.20. The van der Waals surface area contributed by atoms with Crippen LogP contribution in [0.4, 0.5) is 0 Å². The molecule has 0 radical (unpaired) electrons. The van der Waals surface area contributed by atoms with E-state index in [2.05, 4.69) is 0 Å². The molecule has 3 rings (SSSR count). The van der Waals surface area contributed by atoms with E-state index in [9.17, 15) is 4.79 Å². The van der Waals surface area contributed by atoms with Gasteiger partial charge in [0.25, 0.3) is 0 Å². The van der Waals surface area contributed by atoms with Crippen molar-refractivity contribution in [1.29, 1.82) is 0 Å². The van der Waals surface area contributed by atoms with Crippen molar-refractivity contribution in [3.05, 3.63) is 47.7 Å². The van der Waals surface area contributed by atoms with Gasteiger partial charge in [-0.1, -0.05) is 26.0 Å². The number of Topliss-reactive ketones (excluding diaryl/α,β-unsaturated/α-hetero) is 1. The van der Waals surface area contributed by atoms with E-state index < -0.39 is 0 Å². The lowest BCUT2D eigenvalue weighted by Crippen LogP contribution is -2.31. The number of benzene rings is 1. The van der Waals surface area contributed by atoms with Crippen LogP contribution < -0.4 is 4.74 Å². The summed E-state index contributed by atoms with van der Waals surface area (Å²) in [7, 11) is 1.65. The number of fused-ring (bicyclic) bond motifs is 1. The normalized spacial score (nSPS) is 16.4. The Morgan fingerprint density at radius 1 is 1.19 bits per heavy atom.